The zero-order chi connectivity index (χ0) is 21.5. The Kier molecular flexibility index (Phi) is 7.32. The van der Waals surface area contributed by atoms with E-state index in [2.05, 4.69) is 10.4 Å². The van der Waals surface area contributed by atoms with E-state index in [1.54, 1.807) is 37.1 Å². The number of anilines is 1. The number of carbonyl (C=O) groups excluding carboxylic acids is 2. The number of likely N-dealkylation sites (tertiary alicyclic amines) is 1. The van der Waals surface area contributed by atoms with Crippen LogP contribution in [0.2, 0.25) is 0 Å². The van der Waals surface area contributed by atoms with E-state index in [0.29, 0.717) is 36.1 Å². The zero-order valence-corrected chi connectivity index (χ0v) is 17.9. The Morgan fingerprint density at radius 1 is 1.20 bits per heavy atom. The van der Waals surface area contributed by atoms with E-state index in [1.165, 1.54) is 0 Å². The highest BCUT2D eigenvalue weighted by molar-refractivity contribution is 5.91. The van der Waals surface area contributed by atoms with Gasteiger partial charge in [-0.15, -0.1) is 0 Å². The fourth-order valence-corrected chi connectivity index (χ4v) is 3.76. The van der Waals surface area contributed by atoms with Crippen LogP contribution >= 0.6 is 0 Å². The lowest BCUT2D eigenvalue weighted by atomic mass is 9.93. The molecule has 1 unspecified atom stereocenters. The molecule has 30 heavy (non-hydrogen) atoms. The Bertz CT molecular complexity index is 858. The van der Waals surface area contributed by atoms with Gasteiger partial charge in [-0.3, -0.25) is 14.3 Å². The second kappa shape index (κ2) is 10.1. The summed E-state index contributed by atoms with van der Waals surface area (Å²) in [5.41, 5.74) is 1.55. The molecule has 3 rings (SSSR count). The van der Waals surface area contributed by atoms with Gasteiger partial charge < -0.3 is 19.7 Å². The molecular formula is C22H30N4O4. The molecule has 2 heterocycles. The first-order chi connectivity index (χ1) is 14.5. The highest BCUT2D eigenvalue weighted by Gasteiger charge is 2.24. The van der Waals surface area contributed by atoms with Crippen molar-refractivity contribution in [2.24, 2.45) is 5.92 Å². The van der Waals surface area contributed by atoms with Crippen LogP contribution in [0.5, 0.6) is 11.5 Å². The van der Waals surface area contributed by atoms with Crippen molar-refractivity contribution in [3.8, 4) is 11.5 Å². The minimum Gasteiger partial charge on any atom is -0.497 e. The number of amides is 2. The molecule has 1 aromatic carbocycles. The summed E-state index contributed by atoms with van der Waals surface area (Å²) in [7, 11) is 3.15. The lowest BCUT2D eigenvalue weighted by Gasteiger charge is -2.32. The third kappa shape index (κ3) is 5.98. The molecule has 0 spiro atoms. The normalized spacial score (nSPS) is 16.2. The largest absolute Gasteiger partial charge is 0.497 e. The third-order valence-electron chi connectivity index (χ3n) is 5.36. The number of benzene rings is 1. The summed E-state index contributed by atoms with van der Waals surface area (Å²) in [5.74, 6) is 1.60. The first kappa shape index (κ1) is 21.7. The number of carbonyl (C=O) groups is 2. The highest BCUT2D eigenvalue weighted by atomic mass is 16.5. The van der Waals surface area contributed by atoms with E-state index in [0.717, 1.165) is 31.5 Å². The molecule has 8 heteroatoms. The maximum atomic E-state index is 12.6. The van der Waals surface area contributed by atoms with Gasteiger partial charge in [-0.05, 0) is 38.2 Å². The Morgan fingerprint density at radius 3 is 2.57 bits per heavy atom. The first-order valence-electron chi connectivity index (χ1n) is 10.3. The minimum atomic E-state index is -0.0548. The summed E-state index contributed by atoms with van der Waals surface area (Å²) >= 11 is 0. The van der Waals surface area contributed by atoms with E-state index in [-0.39, 0.29) is 18.4 Å². The van der Waals surface area contributed by atoms with Crippen LogP contribution in [-0.2, 0) is 16.1 Å². The van der Waals surface area contributed by atoms with Gasteiger partial charge in [0.25, 0.3) is 0 Å². The lowest BCUT2D eigenvalue weighted by Crippen LogP contribution is -2.41. The van der Waals surface area contributed by atoms with E-state index < -0.39 is 0 Å². The molecule has 0 aliphatic carbocycles. The fourth-order valence-electron chi connectivity index (χ4n) is 3.76. The number of aryl methyl sites for hydroxylation is 1. The number of nitrogens with zero attached hydrogens (tertiary/aromatic N) is 3. The number of hydrogen-bond acceptors (Lipinski definition) is 5. The van der Waals surface area contributed by atoms with Crippen molar-refractivity contribution in [3.05, 3.63) is 36.2 Å². The predicted molar refractivity (Wildman–Crippen MR) is 114 cm³/mol. The molecule has 1 aliphatic heterocycles. The summed E-state index contributed by atoms with van der Waals surface area (Å²) < 4.78 is 12.2. The van der Waals surface area contributed by atoms with Crippen molar-refractivity contribution in [2.45, 2.75) is 39.2 Å². The van der Waals surface area contributed by atoms with Crippen LogP contribution in [0.1, 0.15) is 31.4 Å². The second-order valence-electron chi connectivity index (χ2n) is 7.69. The maximum absolute atomic E-state index is 12.6. The molecule has 2 amide bonds. The SMILES string of the molecule is COc1cc(NC(=O)CCC2CCCN(C(=O)Cn3ccc(C)n3)C2)cc(OC)c1. The Hall–Kier alpha value is -3.03. The Labute approximate surface area is 177 Å². The number of piperidine rings is 1. The average molecular weight is 415 g/mol. The van der Waals surface area contributed by atoms with Gasteiger partial charge in [-0.25, -0.2) is 0 Å². The smallest absolute Gasteiger partial charge is 0.244 e. The average Bonchev–Trinajstić information content (AvgIpc) is 3.16. The van der Waals surface area contributed by atoms with Crippen LogP contribution in [0.4, 0.5) is 5.69 Å². The van der Waals surface area contributed by atoms with E-state index >= 15 is 0 Å². The molecule has 162 valence electrons. The summed E-state index contributed by atoms with van der Waals surface area (Å²) in [6.07, 6.45) is 4.98. The fraction of sp³-hybridized carbons (Fsp3) is 0.500. The van der Waals surface area contributed by atoms with Gasteiger partial charge in [0.15, 0.2) is 0 Å². The van der Waals surface area contributed by atoms with Crippen molar-refractivity contribution in [1.29, 1.82) is 0 Å². The van der Waals surface area contributed by atoms with Crippen LogP contribution in [0.25, 0.3) is 0 Å². The van der Waals surface area contributed by atoms with Crippen molar-refractivity contribution in [3.63, 3.8) is 0 Å². The number of ether oxygens (including phenoxy) is 2. The van der Waals surface area contributed by atoms with Gasteiger partial charge in [0.05, 0.1) is 19.9 Å². The highest BCUT2D eigenvalue weighted by Crippen LogP contribution is 2.26. The maximum Gasteiger partial charge on any atom is 0.244 e. The molecule has 0 radical (unpaired) electrons. The standard InChI is InChI=1S/C22H30N4O4/c1-16-8-10-26(24-16)15-22(28)25-9-4-5-17(14-25)6-7-21(27)23-18-11-19(29-2)13-20(12-18)30-3/h8,10-13,17H,4-7,9,14-15H2,1-3H3,(H,23,27). The minimum absolute atomic E-state index is 0.0548. The van der Waals surface area contributed by atoms with Crippen LogP contribution in [-0.4, -0.2) is 53.8 Å². The van der Waals surface area contributed by atoms with Crippen LogP contribution in [0.15, 0.2) is 30.5 Å². The van der Waals surface area contributed by atoms with Gasteiger partial charge in [0, 0.05) is 49.6 Å². The monoisotopic (exact) mass is 414 g/mol. The zero-order valence-electron chi connectivity index (χ0n) is 17.9. The van der Waals surface area contributed by atoms with E-state index in [9.17, 15) is 9.59 Å². The summed E-state index contributed by atoms with van der Waals surface area (Å²) in [6.45, 7) is 3.63. The first-order valence-corrected chi connectivity index (χ1v) is 10.3. The van der Waals surface area contributed by atoms with Gasteiger partial charge in [-0.2, -0.15) is 5.10 Å². The molecule has 1 fully saturated rings. The number of rotatable bonds is 8. The van der Waals surface area contributed by atoms with Crippen LogP contribution < -0.4 is 14.8 Å². The predicted octanol–water partition coefficient (Wildman–Crippen LogP) is 2.87. The van der Waals surface area contributed by atoms with Crippen molar-refractivity contribution < 1.29 is 19.1 Å². The second-order valence-corrected chi connectivity index (χ2v) is 7.69. The summed E-state index contributed by atoms with van der Waals surface area (Å²) in [6, 6.07) is 7.17. The molecule has 1 N–H and O–H groups in total. The Balaban J connectivity index is 1.48. The molecule has 0 saturated carbocycles. The van der Waals surface area contributed by atoms with Crippen LogP contribution in [0.3, 0.4) is 0 Å². The number of hydrogen-bond donors (Lipinski definition) is 1. The molecule has 1 saturated heterocycles. The molecule has 8 nitrogen and oxygen atoms in total. The van der Waals surface area contributed by atoms with Gasteiger partial charge >= 0.3 is 0 Å². The number of methoxy groups -OCH3 is 2. The molecule has 2 aromatic rings. The van der Waals surface area contributed by atoms with Crippen molar-refractivity contribution in [1.82, 2.24) is 14.7 Å². The third-order valence-corrected chi connectivity index (χ3v) is 5.36. The van der Waals surface area contributed by atoms with Crippen LogP contribution in [0, 0.1) is 12.8 Å². The van der Waals surface area contributed by atoms with Gasteiger partial charge in [0.1, 0.15) is 18.0 Å². The number of nitrogens with one attached hydrogen (secondary N) is 1. The van der Waals surface area contributed by atoms with Gasteiger partial charge in [-0.1, -0.05) is 0 Å². The summed E-state index contributed by atoms with van der Waals surface area (Å²) in [5, 5.41) is 7.20. The topological polar surface area (TPSA) is 85.7 Å². The van der Waals surface area contributed by atoms with Crippen molar-refractivity contribution in [2.75, 3.05) is 32.6 Å². The summed E-state index contributed by atoms with van der Waals surface area (Å²) in [4.78, 5) is 26.9. The molecule has 1 atom stereocenters. The Morgan fingerprint density at radius 2 is 1.93 bits per heavy atom. The van der Waals surface area contributed by atoms with Crippen molar-refractivity contribution >= 4 is 17.5 Å². The number of aromatic nitrogens is 2. The molecule has 1 aromatic heterocycles. The molecule has 0 bridgehead atoms. The van der Waals surface area contributed by atoms with E-state index in [1.807, 2.05) is 24.1 Å². The quantitative estimate of drug-likeness (QED) is 0.718. The molecular weight excluding hydrogens is 384 g/mol. The van der Waals surface area contributed by atoms with Gasteiger partial charge in [0.2, 0.25) is 11.8 Å². The molecule has 1 aliphatic rings. The van der Waals surface area contributed by atoms with E-state index in [4.69, 9.17) is 9.47 Å². The lowest BCUT2D eigenvalue weighted by molar-refractivity contribution is -0.133.